The van der Waals surface area contributed by atoms with Gasteiger partial charge in [-0.15, -0.1) is 0 Å². The first-order chi connectivity index (χ1) is 9.01. The van der Waals surface area contributed by atoms with Gasteiger partial charge in [-0.3, -0.25) is 9.48 Å². The van der Waals surface area contributed by atoms with E-state index in [2.05, 4.69) is 15.7 Å². The first-order valence-electron chi connectivity index (χ1n) is 6.26. The van der Waals surface area contributed by atoms with Crippen LogP contribution in [0.25, 0.3) is 0 Å². The Morgan fingerprint density at radius 1 is 1.53 bits per heavy atom. The van der Waals surface area contributed by atoms with Crippen LogP contribution < -0.4 is 10.6 Å². The average Bonchev–Trinajstić information content (AvgIpc) is 2.73. The van der Waals surface area contributed by atoms with Crippen molar-refractivity contribution in [1.29, 1.82) is 0 Å². The van der Waals surface area contributed by atoms with Crippen molar-refractivity contribution in [3.63, 3.8) is 0 Å². The maximum absolute atomic E-state index is 11.5. The number of amides is 2. The molecule has 0 fully saturated rings. The van der Waals surface area contributed by atoms with E-state index in [-0.39, 0.29) is 18.5 Å². The van der Waals surface area contributed by atoms with Crippen LogP contribution in [0.4, 0.5) is 4.79 Å². The van der Waals surface area contributed by atoms with Gasteiger partial charge in [0.1, 0.15) is 0 Å². The van der Waals surface area contributed by atoms with Crippen LogP contribution in [-0.4, -0.2) is 39.5 Å². The lowest BCUT2D eigenvalue weighted by atomic mass is 10.1. The quantitative estimate of drug-likeness (QED) is 0.679. The van der Waals surface area contributed by atoms with Gasteiger partial charge in [0, 0.05) is 18.8 Å². The molecule has 0 aliphatic carbocycles. The highest BCUT2D eigenvalue weighted by atomic mass is 16.4. The van der Waals surface area contributed by atoms with Gasteiger partial charge >= 0.3 is 12.0 Å². The van der Waals surface area contributed by atoms with E-state index in [9.17, 15) is 9.59 Å². The molecule has 0 spiro atoms. The van der Waals surface area contributed by atoms with Crippen LogP contribution in [0.2, 0.25) is 0 Å². The van der Waals surface area contributed by atoms with Crippen molar-refractivity contribution in [1.82, 2.24) is 20.4 Å². The second kappa shape index (κ2) is 7.40. The Balaban J connectivity index is 2.25. The van der Waals surface area contributed by atoms with Crippen molar-refractivity contribution in [2.45, 2.75) is 39.3 Å². The highest BCUT2D eigenvalue weighted by Crippen LogP contribution is 1.97. The summed E-state index contributed by atoms with van der Waals surface area (Å²) < 4.78 is 1.74. The molecule has 0 aliphatic heterocycles. The number of urea groups is 1. The Hall–Kier alpha value is -2.05. The molecule has 1 aromatic heterocycles. The van der Waals surface area contributed by atoms with Gasteiger partial charge in [0.25, 0.3) is 0 Å². The molecular formula is C12H20N4O3. The molecule has 0 radical (unpaired) electrons. The Morgan fingerprint density at radius 2 is 2.26 bits per heavy atom. The molecule has 3 N–H and O–H groups in total. The number of hydrogen-bond acceptors (Lipinski definition) is 3. The fraction of sp³-hybridized carbons (Fsp3) is 0.583. The maximum atomic E-state index is 11.5. The van der Waals surface area contributed by atoms with Crippen molar-refractivity contribution < 1.29 is 14.7 Å². The third-order valence-corrected chi connectivity index (χ3v) is 2.64. The van der Waals surface area contributed by atoms with Gasteiger partial charge in [0.15, 0.2) is 0 Å². The molecule has 1 rings (SSSR count). The molecule has 0 aliphatic rings. The number of carbonyl (C=O) groups excluding carboxylic acids is 1. The molecule has 1 aromatic rings. The van der Waals surface area contributed by atoms with Gasteiger partial charge in [-0.25, -0.2) is 4.79 Å². The molecule has 1 unspecified atom stereocenters. The van der Waals surface area contributed by atoms with Crippen LogP contribution in [0.1, 0.15) is 25.3 Å². The molecule has 0 aromatic carbocycles. The highest BCUT2D eigenvalue weighted by Gasteiger charge is 2.13. The minimum atomic E-state index is -0.917. The number of nitrogens with one attached hydrogen (secondary N) is 2. The van der Waals surface area contributed by atoms with E-state index < -0.39 is 5.97 Å². The van der Waals surface area contributed by atoms with E-state index in [0.717, 1.165) is 5.56 Å². The fourth-order valence-corrected chi connectivity index (χ4v) is 1.62. The predicted octanol–water partition coefficient (Wildman–Crippen LogP) is 0.744. The number of aromatic nitrogens is 2. The molecule has 0 saturated carbocycles. The molecule has 0 saturated heterocycles. The van der Waals surface area contributed by atoms with Crippen molar-refractivity contribution >= 4 is 12.0 Å². The van der Waals surface area contributed by atoms with E-state index >= 15 is 0 Å². The smallest absolute Gasteiger partial charge is 0.315 e. The van der Waals surface area contributed by atoms with E-state index in [0.29, 0.717) is 19.5 Å². The Labute approximate surface area is 112 Å². The lowest BCUT2D eigenvalue weighted by Crippen LogP contribution is -2.43. The SMILES string of the molecule is CCC(CC(=O)O)NC(=O)NCCn1cc(C)cn1. The highest BCUT2D eigenvalue weighted by molar-refractivity contribution is 5.75. The molecule has 7 heteroatoms. The van der Waals surface area contributed by atoms with Crippen molar-refractivity contribution in [3.05, 3.63) is 18.0 Å². The largest absolute Gasteiger partial charge is 0.481 e. The monoisotopic (exact) mass is 268 g/mol. The van der Waals surface area contributed by atoms with Crippen LogP contribution in [0.15, 0.2) is 12.4 Å². The lowest BCUT2D eigenvalue weighted by molar-refractivity contribution is -0.137. The van der Waals surface area contributed by atoms with Gasteiger partial charge in [-0.05, 0) is 18.9 Å². The van der Waals surface area contributed by atoms with Gasteiger partial charge in [-0.1, -0.05) is 6.92 Å². The second-order valence-electron chi connectivity index (χ2n) is 4.38. The predicted molar refractivity (Wildman–Crippen MR) is 69.8 cm³/mol. The van der Waals surface area contributed by atoms with Crippen LogP contribution in [0.3, 0.4) is 0 Å². The Bertz CT molecular complexity index is 430. The summed E-state index contributed by atoms with van der Waals surface area (Å²) in [6.45, 7) is 4.80. The number of aliphatic carboxylic acids is 1. The molecule has 1 heterocycles. The van der Waals surface area contributed by atoms with E-state index in [1.165, 1.54) is 0 Å². The summed E-state index contributed by atoms with van der Waals surface area (Å²) in [6.07, 6.45) is 4.15. The number of rotatable bonds is 7. The topological polar surface area (TPSA) is 96.3 Å². The van der Waals surface area contributed by atoms with Crippen LogP contribution >= 0.6 is 0 Å². The zero-order valence-electron chi connectivity index (χ0n) is 11.2. The van der Waals surface area contributed by atoms with Crippen molar-refractivity contribution in [3.8, 4) is 0 Å². The summed E-state index contributed by atoms with van der Waals surface area (Å²) >= 11 is 0. The number of aryl methyl sites for hydroxylation is 1. The molecular weight excluding hydrogens is 248 g/mol. The number of carbonyl (C=O) groups is 2. The van der Waals surface area contributed by atoms with Gasteiger partial charge in [0.05, 0.1) is 19.2 Å². The van der Waals surface area contributed by atoms with Gasteiger partial charge < -0.3 is 15.7 Å². The summed E-state index contributed by atoms with van der Waals surface area (Å²) in [4.78, 5) is 22.1. The van der Waals surface area contributed by atoms with Crippen molar-refractivity contribution in [2.75, 3.05) is 6.54 Å². The molecule has 7 nitrogen and oxygen atoms in total. The van der Waals surface area contributed by atoms with E-state index in [4.69, 9.17) is 5.11 Å². The molecule has 1 atom stereocenters. The van der Waals surface area contributed by atoms with Crippen molar-refractivity contribution in [2.24, 2.45) is 0 Å². The zero-order valence-corrected chi connectivity index (χ0v) is 11.2. The first kappa shape index (κ1) is 15.0. The van der Waals surface area contributed by atoms with Crippen LogP contribution in [0, 0.1) is 6.92 Å². The van der Waals surface area contributed by atoms with E-state index in [1.807, 2.05) is 20.0 Å². The van der Waals surface area contributed by atoms with Gasteiger partial charge in [0.2, 0.25) is 0 Å². The standard InChI is InChI=1S/C12H20N4O3/c1-3-10(6-11(17)18)15-12(19)13-4-5-16-8-9(2)7-14-16/h7-8,10H,3-6H2,1-2H3,(H,17,18)(H2,13,15,19). The fourth-order valence-electron chi connectivity index (χ4n) is 1.62. The molecule has 106 valence electrons. The Morgan fingerprint density at radius 3 is 2.79 bits per heavy atom. The van der Waals surface area contributed by atoms with E-state index in [1.54, 1.807) is 10.9 Å². The molecule has 0 bridgehead atoms. The third-order valence-electron chi connectivity index (χ3n) is 2.64. The summed E-state index contributed by atoms with van der Waals surface area (Å²) in [5.74, 6) is -0.917. The molecule has 2 amide bonds. The average molecular weight is 268 g/mol. The summed E-state index contributed by atoms with van der Waals surface area (Å²) in [5, 5.41) is 18.1. The normalized spacial score (nSPS) is 11.9. The summed E-state index contributed by atoms with van der Waals surface area (Å²) in [7, 11) is 0. The second-order valence-corrected chi connectivity index (χ2v) is 4.38. The minimum Gasteiger partial charge on any atom is -0.481 e. The number of nitrogens with zero attached hydrogens (tertiary/aromatic N) is 2. The molecule has 19 heavy (non-hydrogen) atoms. The number of carboxylic acid groups (broad SMARTS) is 1. The van der Waals surface area contributed by atoms with Crippen LogP contribution in [0.5, 0.6) is 0 Å². The number of carboxylic acids is 1. The minimum absolute atomic E-state index is 0.0672. The lowest BCUT2D eigenvalue weighted by Gasteiger charge is -2.15. The Kier molecular flexibility index (Phi) is 5.84. The first-order valence-corrected chi connectivity index (χ1v) is 6.26. The summed E-state index contributed by atoms with van der Waals surface area (Å²) in [6, 6.07) is -0.693. The van der Waals surface area contributed by atoms with Crippen LogP contribution in [-0.2, 0) is 11.3 Å². The summed E-state index contributed by atoms with van der Waals surface area (Å²) in [5.41, 5.74) is 1.07. The third kappa shape index (κ3) is 5.89. The maximum Gasteiger partial charge on any atom is 0.315 e. The van der Waals surface area contributed by atoms with Gasteiger partial charge in [-0.2, -0.15) is 5.10 Å². The zero-order chi connectivity index (χ0) is 14.3. The number of hydrogen-bond donors (Lipinski definition) is 3.